The number of para-hydroxylation sites is 1. The number of rotatable bonds is 0. The molecule has 0 unspecified atom stereocenters. The number of nitrogens with one attached hydrogen (secondary N) is 1. The molecule has 0 saturated carbocycles. The third-order valence-electron chi connectivity index (χ3n) is 1.70. The molecule has 0 fully saturated rings. The minimum atomic E-state index is 1.14. The molecule has 0 saturated heterocycles. The van der Waals surface area contributed by atoms with Crippen molar-refractivity contribution in [2.24, 2.45) is 0 Å². The summed E-state index contributed by atoms with van der Waals surface area (Å²) in [5.74, 6) is 0. The predicted molar refractivity (Wildman–Crippen MR) is 51.4 cm³/mol. The first kappa shape index (κ1) is 7.52. The van der Waals surface area contributed by atoms with Gasteiger partial charge in [0, 0.05) is 0 Å². The maximum atomic E-state index is 3.49. The van der Waals surface area contributed by atoms with Gasteiger partial charge in [0.05, 0.1) is 0 Å². The van der Waals surface area contributed by atoms with Crippen molar-refractivity contribution in [3.63, 3.8) is 0 Å². The minimum absolute atomic E-state index is 1.14. The summed E-state index contributed by atoms with van der Waals surface area (Å²) in [4.78, 5) is 3.22. The van der Waals surface area contributed by atoms with E-state index in [-0.39, 0.29) is 0 Å². The topological polar surface area (TPSA) is 15.8 Å². The first-order valence-electron chi connectivity index (χ1n) is 3.30. The Hall–Kier alpha value is -0.124. The standard InChI is InChI=1S/C8H5BrN.Ga/c9-7-3-1-2-6-4-5-10-8(6)7;/h1-3,5,10H;. The van der Waals surface area contributed by atoms with Crippen molar-refractivity contribution in [1.82, 2.24) is 4.98 Å². The van der Waals surface area contributed by atoms with Crippen LogP contribution in [0.3, 0.4) is 0 Å². The van der Waals surface area contributed by atoms with Crippen LogP contribution in [0.4, 0.5) is 0 Å². The van der Waals surface area contributed by atoms with Crippen LogP contribution >= 0.6 is 15.9 Å². The number of benzene rings is 1. The van der Waals surface area contributed by atoms with Crippen molar-refractivity contribution in [2.45, 2.75) is 0 Å². The number of aromatic amines is 1. The van der Waals surface area contributed by atoms with Crippen LogP contribution in [-0.2, 0) is 0 Å². The number of H-pyrrole nitrogens is 1. The van der Waals surface area contributed by atoms with E-state index in [1.54, 1.807) is 18.6 Å². The van der Waals surface area contributed by atoms with Gasteiger partial charge in [-0.25, -0.2) is 0 Å². The summed E-state index contributed by atoms with van der Waals surface area (Å²) in [7, 11) is 0. The molecular weight excluding hydrogens is 260 g/mol. The molecule has 3 heteroatoms. The summed E-state index contributed by atoms with van der Waals surface area (Å²) >= 11 is 5.14. The number of hydrogen-bond acceptors (Lipinski definition) is 0. The normalized spacial score (nSPS) is 10.6. The molecule has 1 nitrogen and oxygen atoms in total. The number of hydrogen-bond donors (Lipinski definition) is 1. The molecule has 0 bridgehead atoms. The van der Waals surface area contributed by atoms with E-state index in [2.05, 4.69) is 39.2 Å². The molecule has 0 aliphatic heterocycles. The van der Waals surface area contributed by atoms with Crippen LogP contribution in [0.15, 0.2) is 28.9 Å². The molecule has 2 aromatic rings. The molecule has 0 atom stereocenters. The monoisotopic (exact) mass is 263 g/mol. The Labute approximate surface area is 83.2 Å². The predicted octanol–water partition coefficient (Wildman–Crippen LogP) is 1.72. The zero-order valence-corrected chi connectivity index (χ0v) is 9.77. The van der Waals surface area contributed by atoms with Gasteiger partial charge in [0.25, 0.3) is 0 Å². The fourth-order valence-electron chi connectivity index (χ4n) is 1.14. The Morgan fingerprint density at radius 1 is 1.36 bits per heavy atom. The van der Waals surface area contributed by atoms with E-state index in [0.29, 0.717) is 0 Å². The van der Waals surface area contributed by atoms with Gasteiger partial charge in [-0.05, 0) is 0 Å². The molecule has 52 valence electrons. The molecule has 1 N–H and O–H groups in total. The van der Waals surface area contributed by atoms with Gasteiger partial charge in [-0.1, -0.05) is 0 Å². The van der Waals surface area contributed by atoms with Crippen LogP contribution in [0.5, 0.6) is 0 Å². The molecule has 1 heterocycles. The summed E-state index contributed by atoms with van der Waals surface area (Å²) < 4.78 is 2.49. The Bertz CT molecular complexity index is 394. The van der Waals surface area contributed by atoms with Gasteiger partial charge in [-0.15, -0.1) is 0 Å². The molecule has 1 aromatic heterocycles. The van der Waals surface area contributed by atoms with Gasteiger partial charge in [0.2, 0.25) is 0 Å². The zero-order chi connectivity index (χ0) is 7.84. The van der Waals surface area contributed by atoms with Crippen molar-refractivity contribution < 1.29 is 0 Å². The van der Waals surface area contributed by atoms with E-state index >= 15 is 0 Å². The summed E-state index contributed by atoms with van der Waals surface area (Å²) in [6.45, 7) is 0. The van der Waals surface area contributed by atoms with Crippen LogP contribution < -0.4 is 4.12 Å². The first-order valence-corrected chi connectivity index (χ1v) is 5.30. The van der Waals surface area contributed by atoms with Gasteiger partial charge < -0.3 is 0 Å². The van der Waals surface area contributed by atoms with E-state index < -0.39 is 0 Å². The van der Waals surface area contributed by atoms with Gasteiger partial charge in [0.15, 0.2) is 0 Å². The summed E-state index contributed by atoms with van der Waals surface area (Å²) in [5.41, 5.74) is 1.20. The Balaban J connectivity index is 2.94. The molecule has 1 aromatic carbocycles. The second-order valence-corrected chi connectivity index (χ2v) is 4.57. The van der Waals surface area contributed by atoms with E-state index in [4.69, 9.17) is 0 Å². The quantitative estimate of drug-likeness (QED) is 0.698. The Kier molecular flexibility index (Phi) is 1.87. The van der Waals surface area contributed by atoms with Crippen molar-refractivity contribution in [1.29, 1.82) is 0 Å². The molecule has 0 aliphatic carbocycles. The van der Waals surface area contributed by atoms with Gasteiger partial charge in [-0.3, -0.25) is 0 Å². The van der Waals surface area contributed by atoms with Crippen LogP contribution in [0.2, 0.25) is 0 Å². The molecule has 0 amide bonds. The molecule has 0 spiro atoms. The first-order chi connectivity index (χ1) is 5.29. The molecular formula is C8H5BrGaN. The Morgan fingerprint density at radius 3 is 2.91 bits per heavy atom. The van der Waals surface area contributed by atoms with Crippen LogP contribution in [0.1, 0.15) is 0 Å². The zero-order valence-electron chi connectivity index (χ0n) is 5.76. The summed E-state index contributed by atoms with van der Waals surface area (Å²) in [6.07, 6.45) is 2.05. The molecule has 11 heavy (non-hydrogen) atoms. The third-order valence-corrected chi connectivity index (χ3v) is 3.36. The maximum absolute atomic E-state index is 3.49. The average Bonchev–Trinajstić information content (AvgIpc) is 2.35. The van der Waals surface area contributed by atoms with Gasteiger partial charge in [-0.2, -0.15) is 0 Å². The van der Waals surface area contributed by atoms with Crippen LogP contribution in [-0.4, -0.2) is 23.6 Å². The second kappa shape index (κ2) is 2.73. The molecule has 2 radical (unpaired) electrons. The second-order valence-electron chi connectivity index (χ2n) is 2.41. The van der Waals surface area contributed by atoms with Crippen molar-refractivity contribution >= 4 is 49.6 Å². The van der Waals surface area contributed by atoms with Crippen molar-refractivity contribution in [3.05, 3.63) is 28.9 Å². The number of fused-ring (bicyclic) bond motifs is 1. The third kappa shape index (κ3) is 1.17. The fourth-order valence-corrected chi connectivity index (χ4v) is 2.30. The van der Waals surface area contributed by atoms with E-state index in [1.165, 1.54) is 15.0 Å². The Morgan fingerprint density at radius 2 is 2.18 bits per heavy atom. The van der Waals surface area contributed by atoms with E-state index in [9.17, 15) is 0 Å². The van der Waals surface area contributed by atoms with Crippen LogP contribution in [0.25, 0.3) is 10.9 Å². The van der Waals surface area contributed by atoms with Crippen molar-refractivity contribution in [2.75, 3.05) is 0 Å². The van der Waals surface area contributed by atoms with Gasteiger partial charge in [0.1, 0.15) is 0 Å². The van der Waals surface area contributed by atoms with E-state index in [1.807, 2.05) is 6.07 Å². The SMILES string of the molecule is [Ga][c]1c[nH]c2c(Br)cccc12. The van der Waals surface area contributed by atoms with Gasteiger partial charge >= 0.3 is 83.4 Å². The number of halogens is 1. The summed E-state index contributed by atoms with van der Waals surface area (Å²) in [5, 5.41) is 1.32. The molecule has 2 rings (SSSR count). The fraction of sp³-hybridized carbons (Fsp3) is 0. The van der Waals surface area contributed by atoms with Crippen LogP contribution in [0, 0.1) is 0 Å². The van der Waals surface area contributed by atoms with E-state index in [0.717, 1.165) is 4.47 Å². The average molecular weight is 265 g/mol. The molecule has 0 aliphatic rings. The summed E-state index contributed by atoms with van der Waals surface area (Å²) in [6, 6.07) is 6.24. The number of aromatic nitrogens is 1. The van der Waals surface area contributed by atoms with Crippen molar-refractivity contribution in [3.8, 4) is 0 Å².